The highest BCUT2D eigenvalue weighted by atomic mass is 16.5. The van der Waals surface area contributed by atoms with Crippen LogP contribution in [0.25, 0.3) is 0 Å². The van der Waals surface area contributed by atoms with Crippen molar-refractivity contribution in [3.8, 4) is 5.75 Å². The number of anilines is 1. The van der Waals surface area contributed by atoms with E-state index in [1.807, 2.05) is 38.1 Å². The summed E-state index contributed by atoms with van der Waals surface area (Å²) in [6.45, 7) is 6.63. The van der Waals surface area contributed by atoms with Crippen LogP contribution in [-0.2, 0) is 0 Å². The zero-order chi connectivity index (χ0) is 16.9. The minimum absolute atomic E-state index is 0.156. The molecular formula is C18H29N3O2. The average Bonchev–Trinajstić information content (AvgIpc) is 2.50. The number of ether oxygens (including phenoxy) is 1. The van der Waals surface area contributed by atoms with Crippen molar-refractivity contribution in [1.29, 1.82) is 0 Å². The van der Waals surface area contributed by atoms with Gasteiger partial charge in [0.05, 0.1) is 18.8 Å². The lowest BCUT2D eigenvalue weighted by Gasteiger charge is -2.37. The number of aliphatic hydroxyl groups excluding tert-OH is 1. The molecule has 2 rings (SSSR count). The Morgan fingerprint density at radius 3 is 2.70 bits per heavy atom. The maximum atomic E-state index is 10.2. The number of benzene rings is 1. The summed E-state index contributed by atoms with van der Waals surface area (Å²) >= 11 is 0. The van der Waals surface area contributed by atoms with Gasteiger partial charge >= 0.3 is 0 Å². The summed E-state index contributed by atoms with van der Waals surface area (Å²) in [4.78, 5) is 4.43. The number of hydrogen-bond acceptors (Lipinski definition) is 3. The van der Waals surface area contributed by atoms with Crippen LogP contribution >= 0.6 is 0 Å². The Morgan fingerprint density at radius 2 is 2.09 bits per heavy atom. The summed E-state index contributed by atoms with van der Waals surface area (Å²) < 4.78 is 5.61. The van der Waals surface area contributed by atoms with Gasteiger partial charge in [0, 0.05) is 11.1 Å². The van der Waals surface area contributed by atoms with Crippen LogP contribution in [-0.4, -0.2) is 29.8 Å². The molecule has 128 valence electrons. The Kier molecular flexibility index (Phi) is 5.88. The van der Waals surface area contributed by atoms with E-state index in [1.165, 1.54) is 0 Å². The maximum absolute atomic E-state index is 10.2. The summed E-state index contributed by atoms with van der Waals surface area (Å²) in [5, 5.41) is 13.3. The molecule has 0 aromatic heterocycles. The zero-order valence-electron chi connectivity index (χ0n) is 14.4. The second-order valence-electron chi connectivity index (χ2n) is 6.93. The first-order chi connectivity index (χ1) is 10.9. The fourth-order valence-electron chi connectivity index (χ4n) is 2.91. The Hall–Kier alpha value is -1.75. The molecule has 0 bridgehead atoms. The molecule has 4 N–H and O–H groups in total. The van der Waals surface area contributed by atoms with E-state index in [0.29, 0.717) is 12.5 Å². The summed E-state index contributed by atoms with van der Waals surface area (Å²) in [7, 11) is 0. The van der Waals surface area contributed by atoms with Gasteiger partial charge in [0.15, 0.2) is 5.96 Å². The first kappa shape index (κ1) is 17.6. The first-order valence-electron chi connectivity index (χ1n) is 8.41. The molecule has 1 aromatic carbocycles. The zero-order valence-corrected chi connectivity index (χ0v) is 14.4. The largest absolute Gasteiger partial charge is 0.491 e. The summed E-state index contributed by atoms with van der Waals surface area (Å²) in [5.74, 6) is 1.21. The molecule has 1 aliphatic rings. The van der Waals surface area contributed by atoms with Gasteiger partial charge in [-0.05, 0) is 51.0 Å². The molecule has 5 nitrogen and oxygen atoms in total. The fraction of sp³-hybridized carbons (Fsp3) is 0.611. The van der Waals surface area contributed by atoms with Gasteiger partial charge in [-0.15, -0.1) is 0 Å². The van der Waals surface area contributed by atoms with Crippen LogP contribution < -0.4 is 15.8 Å². The third-order valence-electron chi connectivity index (χ3n) is 4.39. The highest BCUT2D eigenvalue weighted by molar-refractivity contribution is 5.92. The van der Waals surface area contributed by atoms with Crippen LogP contribution in [0.1, 0.15) is 46.5 Å². The number of aliphatic imine (C=N–C) groups is 1. The Balaban J connectivity index is 1.91. The van der Waals surface area contributed by atoms with Crippen molar-refractivity contribution in [1.82, 2.24) is 0 Å². The van der Waals surface area contributed by atoms with Crippen molar-refractivity contribution in [2.24, 2.45) is 16.1 Å². The molecule has 1 aromatic rings. The lowest BCUT2D eigenvalue weighted by Crippen LogP contribution is -2.39. The van der Waals surface area contributed by atoms with Crippen LogP contribution in [0.15, 0.2) is 29.3 Å². The lowest BCUT2D eigenvalue weighted by molar-refractivity contribution is 0.00724. The maximum Gasteiger partial charge on any atom is 0.193 e. The van der Waals surface area contributed by atoms with E-state index in [4.69, 9.17) is 10.5 Å². The molecule has 0 saturated heterocycles. The van der Waals surface area contributed by atoms with Crippen molar-refractivity contribution < 1.29 is 9.84 Å². The number of rotatable bonds is 5. The smallest absolute Gasteiger partial charge is 0.193 e. The van der Waals surface area contributed by atoms with Crippen molar-refractivity contribution >= 4 is 11.6 Å². The third-order valence-corrected chi connectivity index (χ3v) is 4.39. The van der Waals surface area contributed by atoms with Crippen molar-refractivity contribution in [3.63, 3.8) is 0 Å². The molecule has 2 unspecified atom stereocenters. The van der Waals surface area contributed by atoms with E-state index in [1.54, 1.807) is 0 Å². The second kappa shape index (κ2) is 7.68. The van der Waals surface area contributed by atoms with Gasteiger partial charge in [-0.1, -0.05) is 19.8 Å². The molecule has 1 fully saturated rings. The van der Waals surface area contributed by atoms with Gasteiger partial charge in [-0.2, -0.15) is 0 Å². The number of hydrogen-bond donors (Lipinski definition) is 3. The van der Waals surface area contributed by atoms with Gasteiger partial charge in [-0.25, -0.2) is 0 Å². The first-order valence-corrected chi connectivity index (χ1v) is 8.41. The van der Waals surface area contributed by atoms with Crippen LogP contribution in [0, 0.1) is 5.41 Å². The van der Waals surface area contributed by atoms with Gasteiger partial charge in [0.25, 0.3) is 0 Å². The predicted molar refractivity (Wildman–Crippen MR) is 94.9 cm³/mol. The van der Waals surface area contributed by atoms with Crippen LogP contribution in [0.5, 0.6) is 5.75 Å². The van der Waals surface area contributed by atoms with Crippen LogP contribution in [0.4, 0.5) is 5.69 Å². The SMILES string of the molecule is CC(C)Oc1ccc(NC(N)=NCC2(C)CCCCC2O)cc1. The van der Waals surface area contributed by atoms with Gasteiger partial charge < -0.3 is 20.9 Å². The van der Waals surface area contributed by atoms with E-state index < -0.39 is 0 Å². The number of aliphatic hydroxyl groups is 1. The molecule has 1 saturated carbocycles. The van der Waals surface area contributed by atoms with E-state index in [0.717, 1.165) is 37.1 Å². The van der Waals surface area contributed by atoms with Crippen LogP contribution in [0.2, 0.25) is 0 Å². The fourth-order valence-corrected chi connectivity index (χ4v) is 2.91. The van der Waals surface area contributed by atoms with E-state index in [2.05, 4.69) is 17.2 Å². The second-order valence-corrected chi connectivity index (χ2v) is 6.93. The standard InChI is InChI=1S/C18H29N3O2/c1-13(2)23-15-9-7-14(8-10-15)21-17(19)20-12-18(3)11-5-4-6-16(18)22/h7-10,13,16,22H,4-6,11-12H2,1-3H3,(H3,19,20,21). The van der Waals surface area contributed by atoms with E-state index in [-0.39, 0.29) is 17.6 Å². The molecule has 0 spiro atoms. The van der Waals surface area contributed by atoms with E-state index in [9.17, 15) is 5.11 Å². The van der Waals surface area contributed by atoms with Crippen LogP contribution in [0.3, 0.4) is 0 Å². The molecule has 23 heavy (non-hydrogen) atoms. The molecule has 0 heterocycles. The topological polar surface area (TPSA) is 79.9 Å². The minimum Gasteiger partial charge on any atom is -0.491 e. The van der Waals surface area contributed by atoms with Crippen molar-refractivity contribution in [2.75, 3.05) is 11.9 Å². The Bertz CT molecular complexity index is 528. The number of nitrogens with one attached hydrogen (secondary N) is 1. The lowest BCUT2D eigenvalue weighted by atomic mass is 9.73. The van der Waals surface area contributed by atoms with Gasteiger partial charge in [-0.3, -0.25) is 4.99 Å². The molecule has 1 aliphatic carbocycles. The minimum atomic E-state index is -0.291. The summed E-state index contributed by atoms with van der Waals surface area (Å²) in [6.07, 6.45) is 3.96. The van der Waals surface area contributed by atoms with Crippen molar-refractivity contribution in [2.45, 2.75) is 58.7 Å². The summed E-state index contributed by atoms with van der Waals surface area (Å²) in [6, 6.07) is 7.64. The highest BCUT2D eigenvalue weighted by Gasteiger charge is 2.35. The van der Waals surface area contributed by atoms with Crippen molar-refractivity contribution in [3.05, 3.63) is 24.3 Å². The molecular weight excluding hydrogens is 290 g/mol. The molecule has 0 amide bonds. The molecule has 2 atom stereocenters. The predicted octanol–water partition coefficient (Wildman–Crippen LogP) is 3.14. The molecule has 0 aliphatic heterocycles. The number of nitrogens with zero attached hydrogens (tertiary/aromatic N) is 1. The number of nitrogens with two attached hydrogens (primary N) is 1. The Labute approximate surface area is 138 Å². The number of guanidine groups is 1. The quantitative estimate of drug-likeness (QED) is 0.575. The van der Waals surface area contributed by atoms with Gasteiger partial charge in [0.1, 0.15) is 5.75 Å². The molecule has 0 radical (unpaired) electrons. The van der Waals surface area contributed by atoms with E-state index >= 15 is 0 Å². The monoisotopic (exact) mass is 319 g/mol. The third kappa shape index (κ3) is 5.13. The highest BCUT2D eigenvalue weighted by Crippen LogP contribution is 2.36. The Morgan fingerprint density at radius 1 is 1.39 bits per heavy atom. The summed E-state index contributed by atoms with van der Waals surface area (Å²) in [5.41, 5.74) is 6.68. The van der Waals surface area contributed by atoms with Gasteiger partial charge in [0.2, 0.25) is 0 Å². The average molecular weight is 319 g/mol. The normalized spacial score (nSPS) is 25.4. The molecule has 5 heteroatoms.